The third-order valence-electron chi connectivity index (χ3n) is 3.43. The minimum Gasteiger partial charge on any atom is -0.480 e. The van der Waals surface area contributed by atoms with Crippen molar-refractivity contribution in [3.05, 3.63) is 53.3 Å². The lowest BCUT2D eigenvalue weighted by Crippen LogP contribution is -2.32. The Morgan fingerprint density at radius 3 is 2.44 bits per heavy atom. The summed E-state index contributed by atoms with van der Waals surface area (Å²) in [5, 5.41) is 15.5. The molecule has 1 aromatic heterocycles. The van der Waals surface area contributed by atoms with Crippen molar-refractivity contribution in [2.45, 2.75) is 38.8 Å². The molecule has 2 aromatic rings. The molecule has 1 heterocycles. The zero-order valence-electron chi connectivity index (χ0n) is 15.3. The molecule has 7 nitrogen and oxygen atoms in total. The summed E-state index contributed by atoms with van der Waals surface area (Å²) >= 11 is 6.02. The summed E-state index contributed by atoms with van der Waals surface area (Å²) < 4.78 is 5.24. The number of rotatable bonds is 6. The maximum atomic E-state index is 12.1. The Morgan fingerprint density at radius 2 is 1.85 bits per heavy atom. The van der Waals surface area contributed by atoms with Gasteiger partial charge in [0.2, 0.25) is 0 Å². The number of nitrogens with zero attached hydrogens (tertiary/aromatic N) is 1. The van der Waals surface area contributed by atoms with Crippen LogP contribution in [0.15, 0.2) is 42.7 Å². The molecule has 0 saturated heterocycles. The van der Waals surface area contributed by atoms with Crippen LogP contribution in [0.3, 0.4) is 0 Å². The first-order valence-electron chi connectivity index (χ1n) is 8.32. The van der Waals surface area contributed by atoms with Gasteiger partial charge in [-0.15, -0.1) is 0 Å². The highest BCUT2D eigenvalue weighted by Crippen LogP contribution is 2.27. The first-order chi connectivity index (χ1) is 12.6. The average molecular weight is 392 g/mol. The second kappa shape index (κ2) is 8.73. The summed E-state index contributed by atoms with van der Waals surface area (Å²) in [6.45, 7) is 5.25. The highest BCUT2D eigenvalue weighted by atomic mass is 35.5. The van der Waals surface area contributed by atoms with E-state index in [0.29, 0.717) is 16.4 Å². The molecule has 0 fully saturated rings. The van der Waals surface area contributed by atoms with Gasteiger partial charge in [-0.25, -0.2) is 9.59 Å². The highest BCUT2D eigenvalue weighted by Gasteiger charge is 2.21. The van der Waals surface area contributed by atoms with E-state index in [4.69, 9.17) is 16.3 Å². The Bertz CT molecular complexity index is 806. The number of carboxylic acid groups (broad SMARTS) is 1. The van der Waals surface area contributed by atoms with E-state index in [1.807, 2.05) is 0 Å². The molecule has 3 N–H and O–H groups in total. The van der Waals surface area contributed by atoms with Crippen molar-refractivity contribution < 1.29 is 19.4 Å². The summed E-state index contributed by atoms with van der Waals surface area (Å²) in [7, 11) is 0. The Balaban J connectivity index is 2.20. The molecule has 0 unspecified atom stereocenters. The third-order valence-corrected chi connectivity index (χ3v) is 3.67. The van der Waals surface area contributed by atoms with Crippen molar-refractivity contribution in [2.75, 3.05) is 10.6 Å². The number of hydrogen-bond acceptors (Lipinski definition) is 5. The van der Waals surface area contributed by atoms with Crippen LogP contribution in [0.5, 0.6) is 0 Å². The maximum absolute atomic E-state index is 12.1. The number of carbonyl (C=O) groups is 2. The molecule has 27 heavy (non-hydrogen) atoms. The van der Waals surface area contributed by atoms with E-state index in [2.05, 4.69) is 15.6 Å². The lowest BCUT2D eigenvalue weighted by Gasteiger charge is -2.22. The minimum atomic E-state index is -1.02. The predicted molar refractivity (Wildman–Crippen MR) is 104 cm³/mol. The van der Waals surface area contributed by atoms with Crippen molar-refractivity contribution in [3.8, 4) is 0 Å². The van der Waals surface area contributed by atoms with Crippen LogP contribution in [0.25, 0.3) is 0 Å². The summed E-state index contributed by atoms with van der Waals surface area (Å²) in [4.78, 5) is 27.7. The second-order valence-corrected chi connectivity index (χ2v) is 7.35. The molecule has 1 amide bonds. The number of carbonyl (C=O) groups excluding carboxylic acids is 1. The summed E-state index contributed by atoms with van der Waals surface area (Å²) in [5.41, 5.74) is 0.909. The minimum absolute atomic E-state index is 0.242. The SMILES string of the molecule is CC(C)(C)OC(=O)Nc1cc(Cl)ccc1N[C@@H](Cc1ccncc1)C(=O)O. The lowest BCUT2D eigenvalue weighted by molar-refractivity contribution is -0.137. The van der Waals surface area contributed by atoms with Gasteiger partial charge in [0.15, 0.2) is 0 Å². The molecule has 0 bridgehead atoms. The topological polar surface area (TPSA) is 101 Å². The zero-order chi connectivity index (χ0) is 20.0. The van der Waals surface area contributed by atoms with E-state index in [9.17, 15) is 14.7 Å². The van der Waals surface area contributed by atoms with Gasteiger partial charge in [-0.1, -0.05) is 11.6 Å². The maximum Gasteiger partial charge on any atom is 0.412 e. The van der Waals surface area contributed by atoms with Gasteiger partial charge in [-0.05, 0) is 56.7 Å². The number of ether oxygens (including phenoxy) is 1. The van der Waals surface area contributed by atoms with Crippen molar-refractivity contribution in [1.82, 2.24) is 4.98 Å². The molecular formula is C19H22ClN3O4. The van der Waals surface area contributed by atoms with Gasteiger partial charge < -0.3 is 15.2 Å². The molecule has 0 aliphatic rings. The van der Waals surface area contributed by atoms with Crippen LogP contribution in [-0.2, 0) is 16.0 Å². The van der Waals surface area contributed by atoms with E-state index < -0.39 is 23.7 Å². The smallest absolute Gasteiger partial charge is 0.412 e. The average Bonchev–Trinajstić information content (AvgIpc) is 2.55. The third kappa shape index (κ3) is 6.79. The standard InChI is InChI=1S/C19H22ClN3O4/c1-19(2,3)27-18(26)23-15-11-13(20)4-5-14(15)22-16(17(24)25)10-12-6-8-21-9-7-12/h4-9,11,16,22H,10H2,1-3H3,(H,23,26)(H,24,25)/t16-/m0/s1. The van der Waals surface area contributed by atoms with Crippen molar-refractivity contribution >= 4 is 35.0 Å². The van der Waals surface area contributed by atoms with E-state index in [1.54, 1.807) is 57.4 Å². The van der Waals surface area contributed by atoms with Gasteiger partial charge in [-0.3, -0.25) is 10.3 Å². The number of hydrogen-bond donors (Lipinski definition) is 3. The molecule has 0 radical (unpaired) electrons. The van der Waals surface area contributed by atoms with E-state index >= 15 is 0 Å². The number of pyridine rings is 1. The molecule has 1 aromatic carbocycles. The highest BCUT2D eigenvalue weighted by molar-refractivity contribution is 6.31. The number of halogens is 1. The normalized spacial score (nSPS) is 12.1. The summed E-state index contributed by atoms with van der Waals surface area (Å²) in [6, 6.07) is 7.33. The first kappa shape index (κ1) is 20.5. The Morgan fingerprint density at radius 1 is 1.19 bits per heavy atom. The van der Waals surface area contributed by atoms with E-state index in [1.165, 1.54) is 6.07 Å². The van der Waals surface area contributed by atoms with Crippen LogP contribution in [0.2, 0.25) is 5.02 Å². The Labute approximate surface area is 162 Å². The summed E-state index contributed by atoms with van der Waals surface area (Å²) in [6.07, 6.45) is 2.79. The van der Waals surface area contributed by atoms with Crippen LogP contribution >= 0.6 is 11.6 Å². The molecule has 0 spiro atoms. The Kier molecular flexibility index (Phi) is 6.63. The van der Waals surface area contributed by atoms with Crippen LogP contribution in [0.1, 0.15) is 26.3 Å². The predicted octanol–water partition coefficient (Wildman–Crippen LogP) is 4.19. The Hall–Kier alpha value is -2.80. The second-order valence-electron chi connectivity index (χ2n) is 6.91. The van der Waals surface area contributed by atoms with Gasteiger partial charge in [0, 0.05) is 23.8 Å². The number of carboxylic acids is 1. The number of aromatic nitrogens is 1. The first-order valence-corrected chi connectivity index (χ1v) is 8.69. The lowest BCUT2D eigenvalue weighted by atomic mass is 10.1. The number of anilines is 2. The van der Waals surface area contributed by atoms with Crippen molar-refractivity contribution in [1.29, 1.82) is 0 Å². The van der Waals surface area contributed by atoms with Gasteiger partial charge >= 0.3 is 12.1 Å². The molecule has 0 saturated carbocycles. The molecule has 2 rings (SSSR count). The summed E-state index contributed by atoms with van der Waals surface area (Å²) in [5.74, 6) is -1.02. The van der Waals surface area contributed by atoms with Crippen molar-refractivity contribution in [3.63, 3.8) is 0 Å². The van der Waals surface area contributed by atoms with Gasteiger partial charge in [0.05, 0.1) is 11.4 Å². The van der Waals surface area contributed by atoms with E-state index in [0.717, 1.165) is 5.56 Å². The molecule has 0 aliphatic heterocycles. The molecule has 1 atom stereocenters. The van der Waals surface area contributed by atoms with Gasteiger partial charge in [0.25, 0.3) is 0 Å². The number of aliphatic carboxylic acids is 1. The molecule has 8 heteroatoms. The fraction of sp³-hybridized carbons (Fsp3) is 0.316. The largest absolute Gasteiger partial charge is 0.480 e. The number of benzene rings is 1. The van der Waals surface area contributed by atoms with Crippen molar-refractivity contribution in [2.24, 2.45) is 0 Å². The van der Waals surface area contributed by atoms with Gasteiger partial charge in [0.1, 0.15) is 11.6 Å². The van der Waals surface area contributed by atoms with Crippen LogP contribution < -0.4 is 10.6 Å². The number of amides is 1. The zero-order valence-corrected chi connectivity index (χ0v) is 16.1. The quantitative estimate of drug-likeness (QED) is 0.682. The fourth-order valence-electron chi connectivity index (χ4n) is 2.30. The molecule has 0 aliphatic carbocycles. The molecule has 144 valence electrons. The van der Waals surface area contributed by atoms with Crippen LogP contribution in [0.4, 0.5) is 16.2 Å². The van der Waals surface area contributed by atoms with Gasteiger partial charge in [-0.2, -0.15) is 0 Å². The van der Waals surface area contributed by atoms with E-state index in [-0.39, 0.29) is 6.42 Å². The van der Waals surface area contributed by atoms with Crippen LogP contribution in [0, 0.1) is 0 Å². The monoisotopic (exact) mass is 391 g/mol. The van der Waals surface area contributed by atoms with Crippen LogP contribution in [-0.4, -0.2) is 33.8 Å². The molecular weight excluding hydrogens is 370 g/mol. The number of nitrogens with one attached hydrogen (secondary N) is 2. The fourth-order valence-corrected chi connectivity index (χ4v) is 2.47.